The van der Waals surface area contributed by atoms with Gasteiger partial charge in [0.2, 0.25) is 0 Å². The summed E-state index contributed by atoms with van der Waals surface area (Å²) in [5.74, 6) is -0.633. The smallest absolute Gasteiger partial charge is 0.439 e. The van der Waals surface area contributed by atoms with E-state index in [1.165, 1.54) is 26.2 Å². The zero-order valence-electron chi connectivity index (χ0n) is 16.1. The lowest BCUT2D eigenvalue weighted by Crippen LogP contribution is -2.37. The van der Waals surface area contributed by atoms with Crippen LogP contribution in [0, 0.1) is 6.92 Å². The first-order valence-electron chi connectivity index (χ1n) is 7.91. The van der Waals surface area contributed by atoms with Gasteiger partial charge in [0.25, 0.3) is 0 Å². The Balaban J connectivity index is 3.64. The van der Waals surface area contributed by atoms with Crippen LogP contribution < -0.4 is 5.06 Å². The summed E-state index contributed by atoms with van der Waals surface area (Å²) in [5, 5.41) is 0.722. The van der Waals surface area contributed by atoms with Crippen molar-refractivity contribution in [3.05, 3.63) is 23.3 Å². The highest BCUT2D eigenvalue weighted by Gasteiger charge is 2.31. The summed E-state index contributed by atoms with van der Waals surface area (Å²) in [7, 11) is -2.52. The highest BCUT2D eigenvalue weighted by atomic mass is 32.2. The number of nitrogens with zero attached hydrogens (tertiary/aromatic N) is 1. The zero-order chi connectivity index (χ0) is 20.3. The van der Waals surface area contributed by atoms with E-state index >= 15 is 0 Å². The van der Waals surface area contributed by atoms with Crippen molar-refractivity contribution >= 4 is 27.6 Å². The van der Waals surface area contributed by atoms with Gasteiger partial charge in [0.15, 0.2) is 9.84 Å². The number of hydroxylamine groups is 1. The van der Waals surface area contributed by atoms with Crippen molar-refractivity contribution in [1.82, 2.24) is 0 Å². The number of carbonyl (C=O) groups is 2. The van der Waals surface area contributed by atoms with E-state index in [9.17, 15) is 18.0 Å². The second-order valence-electron chi connectivity index (χ2n) is 6.53. The second-order valence-corrected chi connectivity index (χ2v) is 8.52. The van der Waals surface area contributed by atoms with E-state index in [0.717, 1.165) is 11.3 Å². The van der Waals surface area contributed by atoms with E-state index in [-0.39, 0.29) is 28.3 Å². The average molecular weight is 387 g/mol. The van der Waals surface area contributed by atoms with Crippen LogP contribution in [0.5, 0.6) is 0 Å². The predicted molar refractivity (Wildman–Crippen MR) is 96.0 cm³/mol. The Labute approximate surface area is 153 Å². The minimum absolute atomic E-state index is 0.0881. The largest absolute Gasteiger partial charge is 0.462 e. The van der Waals surface area contributed by atoms with Crippen LogP contribution >= 0.6 is 0 Å². The molecule has 0 N–H and O–H groups in total. The molecule has 26 heavy (non-hydrogen) atoms. The van der Waals surface area contributed by atoms with Gasteiger partial charge < -0.3 is 9.47 Å². The maximum absolute atomic E-state index is 12.5. The molecule has 0 saturated carbocycles. The molecule has 0 bridgehead atoms. The van der Waals surface area contributed by atoms with Crippen LogP contribution in [-0.2, 0) is 24.1 Å². The number of rotatable bonds is 5. The minimum Gasteiger partial charge on any atom is -0.462 e. The Bertz CT molecular complexity index is 794. The molecule has 0 aliphatic rings. The van der Waals surface area contributed by atoms with Crippen molar-refractivity contribution in [1.29, 1.82) is 0 Å². The molecule has 0 saturated heterocycles. The number of hydrogen-bond acceptors (Lipinski definition) is 7. The van der Waals surface area contributed by atoms with Gasteiger partial charge in [-0.05, 0) is 52.3 Å². The number of amides is 1. The maximum atomic E-state index is 12.5. The summed E-state index contributed by atoms with van der Waals surface area (Å²) in [4.78, 5) is 29.6. The van der Waals surface area contributed by atoms with Crippen LogP contribution in [0.2, 0.25) is 0 Å². The first-order valence-corrected chi connectivity index (χ1v) is 9.80. The SMILES string of the molecule is CCOC(=O)c1ccc(S(C)(=O)=O)c(N(OC)C(=O)OC(C)(C)C)c1C. The van der Waals surface area contributed by atoms with Crippen molar-refractivity contribution < 1.29 is 32.3 Å². The zero-order valence-corrected chi connectivity index (χ0v) is 16.9. The molecule has 0 atom stereocenters. The van der Waals surface area contributed by atoms with Gasteiger partial charge in [-0.3, -0.25) is 4.84 Å². The quantitative estimate of drug-likeness (QED) is 0.566. The van der Waals surface area contributed by atoms with Crippen molar-refractivity contribution in [3.63, 3.8) is 0 Å². The lowest BCUT2D eigenvalue weighted by molar-refractivity contribution is 0.0323. The fourth-order valence-electron chi connectivity index (χ4n) is 2.22. The Morgan fingerprint density at radius 1 is 1.19 bits per heavy atom. The summed E-state index contributed by atoms with van der Waals surface area (Å²) in [5.41, 5.74) is -0.570. The lowest BCUT2D eigenvalue weighted by atomic mass is 10.1. The predicted octanol–water partition coefficient (Wildman–Crippen LogP) is 2.88. The van der Waals surface area contributed by atoms with Gasteiger partial charge in [-0.2, -0.15) is 5.06 Å². The molecule has 0 spiro atoms. The summed E-state index contributed by atoms with van der Waals surface area (Å²) in [6.45, 7) is 8.31. The van der Waals surface area contributed by atoms with Crippen molar-refractivity contribution in [2.45, 2.75) is 45.1 Å². The summed E-state index contributed by atoms with van der Waals surface area (Å²) >= 11 is 0. The van der Waals surface area contributed by atoms with E-state index < -0.39 is 27.5 Å². The molecule has 146 valence electrons. The van der Waals surface area contributed by atoms with Gasteiger partial charge in [0.1, 0.15) is 5.60 Å². The molecule has 0 unspecified atom stereocenters. The summed E-state index contributed by atoms with van der Waals surface area (Å²) in [6, 6.07) is 2.58. The number of benzene rings is 1. The van der Waals surface area contributed by atoms with Crippen molar-refractivity contribution in [2.75, 3.05) is 25.0 Å². The summed E-state index contributed by atoms with van der Waals surface area (Å²) < 4.78 is 34.6. The molecule has 1 amide bonds. The molecular weight excluding hydrogens is 362 g/mol. The Hall–Kier alpha value is -2.13. The van der Waals surface area contributed by atoms with Crippen LogP contribution in [-0.4, -0.2) is 46.1 Å². The monoisotopic (exact) mass is 387 g/mol. The Kier molecular flexibility index (Phi) is 6.78. The van der Waals surface area contributed by atoms with Crippen LogP contribution in [0.25, 0.3) is 0 Å². The van der Waals surface area contributed by atoms with Crippen LogP contribution in [0.1, 0.15) is 43.6 Å². The molecule has 0 aliphatic heterocycles. The van der Waals surface area contributed by atoms with Gasteiger partial charge in [0, 0.05) is 6.26 Å². The third-order valence-corrected chi connectivity index (χ3v) is 4.36. The molecule has 1 aromatic carbocycles. The fourth-order valence-corrected chi connectivity index (χ4v) is 3.12. The number of anilines is 1. The van der Waals surface area contributed by atoms with Gasteiger partial charge in [-0.25, -0.2) is 18.0 Å². The molecule has 0 radical (unpaired) electrons. The van der Waals surface area contributed by atoms with E-state index in [4.69, 9.17) is 14.3 Å². The maximum Gasteiger partial charge on any atom is 0.439 e. The molecule has 0 aromatic heterocycles. The van der Waals surface area contributed by atoms with E-state index in [0.29, 0.717) is 0 Å². The van der Waals surface area contributed by atoms with E-state index in [1.807, 2.05) is 0 Å². The molecule has 0 fully saturated rings. The summed E-state index contributed by atoms with van der Waals surface area (Å²) in [6.07, 6.45) is 0.0899. The topological polar surface area (TPSA) is 99.2 Å². The fraction of sp³-hybridized carbons (Fsp3) is 0.529. The highest BCUT2D eigenvalue weighted by Crippen LogP contribution is 2.33. The molecular formula is C17H25NO7S. The Morgan fingerprint density at radius 2 is 1.77 bits per heavy atom. The van der Waals surface area contributed by atoms with Gasteiger partial charge in [0.05, 0.1) is 29.9 Å². The molecule has 0 heterocycles. The van der Waals surface area contributed by atoms with E-state index in [2.05, 4.69) is 0 Å². The standard InChI is InChI=1S/C17H25NO7S/c1-8-24-15(19)12-9-10-13(26(7,21)22)14(11(12)2)18(23-6)16(20)25-17(3,4)5/h9-10H,8H2,1-7H3. The van der Waals surface area contributed by atoms with Crippen LogP contribution in [0.15, 0.2) is 17.0 Å². The average Bonchev–Trinajstić information content (AvgIpc) is 2.46. The molecule has 9 heteroatoms. The normalized spacial score (nSPS) is 11.8. The number of ether oxygens (including phenoxy) is 2. The Morgan fingerprint density at radius 3 is 2.19 bits per heavy atom. The van der Waals surface area contributed by atoms with E-state index in [1.54, 1.807) is 27.7 Å². The lowest BCUT2D eigenvalue weighted by Gasteiger charge is -2.28. The van der Waals surface area contributed by atoms with Gasteiger partial charge in [-0.15, -0.1) is 0 Å². The highest BCUT2D eigenvalue weighted by molar-refractivity contribution is 7.90. The van der Waals surface area contributed by atoms with Gasteiger partial charge >= 0.3 is 12.1 Å². The molecule has 0 aliphatic carbocycles. The first kappa shape index (κ1) is 21.9. The van der Waals surface area contributed by atoms with Crippen molar-refractivity contribution in [3.8, 4) is 0 Å². The second kappa shape index (κ2) is 8.05. The molecule has 1 rings (SSSR count). The molecule has 1 aromatic rings. The van der Waals surface area contributed by atoms with Crippen molar-refractivity contribution in [2.24, 2.45) is 0 Å². The third-order valence-electron chi connectivity index (χ3n) is 3.23. The minimum atomic E-state index is -3.72. The number of carbonyl (C=O) groups excluding carboxylic acids is 2. The number of hydrogen-bond donors (Lipinski definition) is 0. The number of esters is 1. The van der Waals surface area contributed by atoms with Gasteiger partial charge in [-0.1, -0.05) is 0 Å². The first-order chi connectivity index (χ1) is 11.8. The van der Waals surface area contributed by atoms with Crippen LogP contribution in [0.3, 0.4) is 0 Å². The molecule has 8 nitrogen and oxygen atoms in total. The third kappa shape index (κ3) is 5.18. The van der Waals surface area contributed by atoms with Crippen LogP contribution in [0.4, 0.5) is 10.5 Å². The number of sulfone groups is 1.